The highest BCUT2D eigenvalue weighted by Crippen LogP contribution is 2.36. The number of carbonyl (C=O) groups is 1. The first-order chi connectivity index (χ1) is 12.5. The van der Waals surface area contributed by atoms with Crippen LogP contribution in [0.3, 0.4) is 0 Å². The lowest BCUT2D eigenvalue weighted by molar-refractivity contribution is 0.0605. The van der Waals surface area contributed by atoms with E-state index >= 15 is 0 Å². The second-order valence-electron chi connectivity index (χ2n) is 5.35. The Morgan fingerprint density at radius 3 is 2.85 bits per heavy atom. The van der Waals surface area contributed by atoms with Crippen molar-refractivity contribution in [2.24, 2.45) is 5.73 Å². The van der Waals surface area contributed by atoms with E-state index in [-0.39, 0.29) is 19.0 Å². The van der Waals surface area contributed by atoms with Crippen LogP contribution in [0.25, 0.3) is 10.2 Å². The van der Waals surface area contributed by atoms with Crippen LogP contribution in [-0.4, -0.2) is 36.2 Å². The molecule has 0 aliphatic heterocycles. The fourth-order valence-electron chi connectivity index (χ4n) is 2.47. The van der Waals surface area contributed by atoms with E-state index in [9.17, 15) is 9.18 Å². The molecule has 27 heavy (non-hydrogen) atoms. The Kier molecular flexibility index (Phi) is 6.89. The van der Waals surface area contributed by atoms with Crippen molar-refractivity contribution in [3.63, 3.8) is 0 Å². The Balaban J connectivity index is 0.00000261. The second kappa shape index (κ2) is 8.94. The number of aryl methyl sites for hydroxylation is 1. The van der Waals surface area contributed by atoms with Gasteiger partial charge in [0.1, 0.15) is 40.0 Å². The first-order valence-corrected chi connectivity index (χ1v) is 8.58. The van der Waals surface area contributed by atoms with Gasteiger partial charge in [-0.1, -0.05) is 0 Å². The molecule has 0 bridgehead atoms. The number of halogens is 2. The maximum Gasteiger partial charge on any atom is 0.348 e. The number of aromatic nitrogens is 2. The lowest BCUT2D eigenvalue weighted by atomic mass is 10.2. The number of benzene rings is 1. The third-order valence-electron chi connectivity index (χ3n) is 3.67. The third kappa shape index (κ3) is 4.26. The van der Waals surface area contributed by atoms with Crippen LogP contribution in [0.4, 0.5) is 15.9 Å². The normalized spacial score (nSPS) is 10.4. The van der Waals surface area contributed by atoms with Crippen molar-refractivity contribution in [3.8, 4) is 5.75 Å². The minimum absolute atomic E-state index is 0. The number of anilines is 2. The van der Waals surface area contributed by atoms with Crippen LogP contribution in [0, 0.1) is 12.7 Å². The average Bonchev–Trinajstić information content (AvgIpc) is 2.99. The number of nitrogens with zero attached hydrogens (tertiary/aromatic N) is 2. The Morgan fingerprint density at radius 2 is 2.15 bits per heavy atom. The van der Waals surface area contributed by atoms with Crippen LogP contribution in [0.15, 0.2) is 24.5 Å². The number of ether oxygens (including phenoxy) is 2. The number of hydrogen-bond acceptors (Lipinski definition) is 8. The minimum Gasteiger partial charge on any atom is -0.490 e. The number of methoxy groups -OCH3 is 1. The van der Waals surface area contributed by atoms with Gasteiger partial charge in [-0.25, -0.2) is 19.2 Å². The number of nitrogens with one attached hydrogen (secondary N) is 1. The summed E-state index contributed by atoms with van der Waals surface area (Å²) in [6, 6.07) is 4.14. The smallest absolute Gasteiger partial charge is 0.348 e. The molecule has 0 atom stereocenters. The van der Waals surface area contributed by atoms with E-state index in [0.29, 0.717) is 44.5 Å². The predicted molar refractivity (Wildman–Crippen MR) is 105 cm³/mol. The fraction of sp³-hybridized carbons (Fsp3) is 0.235. The van der Waals surface area contributed by atoms with Crippen LogP contribution >= 0.6 is 23.7 Å². The lowest BCUT2D eigenvalue weighted by Crippen LogP contribution is -2.11. The first-order valence-electron chi connectivity index (χ1n) is 7.77. The van der Waals surface area contributed by atoms with E-state index in [4.69, 9.17) is 15.2 Å². The number of fused-ring (bicyclic) bond motifs is 1. The molecule has 0 unspecified atom stereocenters. The van der Waals surface area contributed by atoms with Gasteiger partial charge in [-0.2, -0.15) is 0 Å². The zero-order valence-corrected chi connectivity index (χ0v) is 16.2. The van der Waals surface area contributed by atoms with Crippen molar-refractivity contribution < 1.29 is 18.7 Å². The largest absolute Gasteiger partial charge is 0.490 e. The summed E-state index contributed by atoms with van der Waals surface area (Å²) in [4.78, 5) is 21.5. The number of esters is 1. The van der Waals surface area contributed by atoms with Crippen LogP contribution in [0.5, 0.6) is 5.75 Å². The molecule has 2 heterocycles. The predicted octanol–water partition coefficient (Wildman–Crippen LogP) is 3.43. The quantitative estimate of drug-likeness (QED) is 0.598. The molecular weight excluding hydrogens is 395 g/mol. The van der Waals surface area contributed by atoms with Crippen molar-refractivity contribution in [3.05, 3.63) is 40.8 Å². The van der Waals surface area contributed by atoms with E-state index in [1.54, 1.807) is 13.0 Å². The SMILES string of the molecule is COC(=O)c1sc2ncnc(Nc3ccc(F)cc3OCCN)c2c1C.Cl. The highest BCUT2D eigenvalue weighted by Gasteiger charge is 2.20. The van der Waals surface area contributed by atoms with E-state index in [2.05, 4.69) is 15.3 Å². The van der Waals surface area contributed by atoms with Crippen molar-refractivity contribution >= 4 is 51.4 Å². The molecule has 0 aliphatic carbocycles. The van der Waals surface area contributed by atoms with Gasteiger partial charge in [0.2, 0.25) is 0 Å². The average molecular weight is 413 g/mol. The van der Waals surface area contributed by atoms with E-state index in [1.807, 2.05) is 0 Å². The molecular formula is C17H18ClFN4O3S. The van der Waals surface area contributed by atoms with Crippen molar-refractivity contribution in [1.82, 2.24) is 9.97 Å². The maximum atomic E-state index is 13.5. The fourth-order valence-corrected chi connectivity index (χ4v) is 3.54. The number of rotatable bonds is 6. The first kappa shape index (κ1) is 20.8. The van der Waals surface area contributed by atoms with Crippen molar-refractivity contribution in [1.29, 1.82) is 0 Å². The molecule has 3 rings (SSSR count). The Hall–Kier alpha value is -2.49. The molecule has 0 radical (unpaired) electrons. The molecule has 3 aromatic rings. The van der Waals surface area contributed by atoms with Gasteiger partial charge in [0.25, 0.3) is 0 Å². The summed E-state index contributed by atoms with van der Waals surface area (Å²) in [5.41, 5.74) is 6.70. The Labute approximate surface area is 165 Å². The third-order valence-corrected chi connectivity index (χ3v) is 4.85. The van der Waals surface area contributed by atoms with Gasteiger partial charge in [0.05, 0.1) is 18.2 Å². The zero-order valence-electron chi connectivity index (χ0n) is 14.6. The monoisotopic (exact) mass is 412 g/mol. The summed E-state index contributed by atoms with van der Waals surface area (Å²) in [5.74, 6) is -0.0355. The van der Waals surface area contributed by atoms with Crippen molar-refractivity contribution in [2.45, 2.75) is 6.92 Å². The number of carbonyl (C=O) groups excluding carboxylic acids is 1. The topological polar surface area (TPSA) is 99.4 Å². The van der Waals surface area contributed by atoms with Crippen molar-refractivity contribution in [2.75, 3.05) is 25.6 Å². The molecule has 10 heteroatoms. The van der Waals surface area contributed by atoms with Gasteiger partial charge in [0, 0.05) is 12.6 Å². The molecule has 0 spiro atoms. The summed E-state index contributed by atoms with van der Waals surface area (Å²) >= 11 is 1.23. The zero-order chi connectivity index (χ0) is 18.7. The van der Waals surface area contributed by atoms with Crippen LogP contribution in [0.1, 0.15) is 15.2 Å². The Bertz CT molecular complexity index is 967. The number of hydrogen-bond donors (Lipinski definition) is 2. The van der Waals surface area contributed by atoms with Crippen LogP contribution in [0.2, 0.25) is 0 Å². The van der Waals surface area contributed by atoms with Crippen LogP contribution in [-0.2, 0) is 4.74 Å². The van der Waals surface area contributed by atoms with Gasteiger partial charge in [-0.05, 0) is 24.6 Å². The summed E-state index contributed by atoms with van der Waals surface area (Å²) in [6.45, 7) is 2.36. The summed E-state index contributed by atoms with van der Waals surface area (Å²) in [5, 5.41) is 3.83. The molecule has 1 aromatic carbocycles. The Morgan fingerprint density at radius 1 is 1.37 bits per heavy atom. The summed E-state index contributed by atoms with van der Waals surface area (Å²) in [7, 11) is 1.33. The van der Waals surface area contributed by atoms with Gasteiger partial charge in [-0.3, -0.25) is 0 Å². The molecule has 0 amide bonds. The van der Waals surface area contributed by atoms with Gasteiger partial charge >= 0.3 is 5.97 Å². The van der Waals surface area contributed by atoms with E-state index < -0.39 is 11.8 Å². The standard InChI is InChI=1S/C17H17FN4O3S.ClH/c1-9-13-15(20-8-21-16(13)26-14(9)17(23)24-2)22-11-4-3-10(18)7-12(11)25-6-5-19;/h3-4,7-8H,5-6,19H2,1-2H3,(H,20,21,22);1H. The lowest BCUT2D eigenvalue weighted by Gasteiger charge is -2.13. The van der Waals surface area contributed by atoms with Crippen LogP contribution < -0.4 is 15.8 Å². The molecule has 2 aromatic heterocycles. The molecule has 0 saturated carbocycles. The van der Waals surface area contributed by atoms with Gasteiger partial charge in [-0.15, -0.1) is 23.7 Å². The van der Waals surface area contributed by atoms with Gasteiger partial charge in [0.15, 0.2) is 0 Å². The van der Waals surface area contributed by atoms with Gasteiger partial charge < -0.3 is 20.5 Å². The molecule has 3 N–H and O–H groups in total. The molecule has 7 nitrogen and oxygen atoms in total. The van der Waals surface area contributed by atoms with E-state index in [0.717, 1.165) is 0 Å². The number of thiophene rings is 1. The minimum atomic E-state index is -0.426. The molecule has 144 valence electrons. The molecule has 0 aliphatic rings. The summed E-state index contributed by atoms with van der Waals surface area (Å²) < 4.78 is 23.9. The maximum absolute atomic E-state index is 13.5. The highest BCUT2D eigenvalue weighted by atomic mass is 35.5. The highest BCUT2D eigenvalue weighted by molar-refractivity contribution is 7.20. The second-order valence-corrected chi connectivity index (χ2v) is 6.35. The van der Waals surface area contributed by atoms with E-state index in [1.165, 1.54) is 36.9 Å². The summed E-state index contributed by atoms with van der Waals surface area (Å²) in [6.07, 6.45) is 1.39. The molecule has 0 fully saturated rings. The number of nitrogens with two attached hydrogens (primary N) is 1. The molecule has 0 saturated heterocycles.